The molecule has 0 saturated carbocycles. The van der Waals surface area contributed by atoms with Crippen molar-refractivity contribution in [1.82, 2.24) is 25.6 Å². The summed E-state index contributed by atoms with van der Waals surface area (Å²) < 4.78 is 12.8. The van der Waals surface area contributed by atoms with Gasteiger partial charge in [0.25, 0.3) is 5.91 Å². The molecule has 1 aromatic heterocycles. The number of piperidine rings is 1. The number of benzene rings is 1. The van der Waals surface area contributed by atoms with Gasteiger partial charge in [0.15, 0.2) is 17.2 Å². The quantitative estimate of drug-likeness (QED) is 0.834. The van der Waals surface area contributed by atoms with E-state index in [0.717, 1.165) is 37.4 Å². The standard InChI is InChI=1S/C17H21N5O3.ClH/c1-11-16(17(23)19-12-3-2-6-18-10-12)20-21-22(11)13-4-5-14-15(9-13)25-8-7-24-14;/h4-5,9,12,18H,2-3,6-8,10H2,1H3,(H,19,23);1H. The number of aromatic nitrogens is 3. The third-order valence-corrected chi connectivity index (χ3v) is 4.51. The van der Waals surface area contributed by atoms with Crippen LogP contribution < -0.4 is 20.1 Å². The predicted molar refractivity (Wildman–Crippen MR) is 97.7 cm³/mol. The van der Waals surface area contributed by atoms with Gasteiger partial charge in [-0.2, -0.15) is 0 Å². The Balaban J connectivity index is 0.00000196. The summed E-state index contributed by atoms with van der Waals surface area (Å²) in [7, 11) is 0. The highest BCUT2D eigenvalue weighted by Gasteiger charge is 2.22. The van der Waals surface area contributed by atoms with Crippen LogP contribution in [0.2, 0.25) is 0 Å². The van der Waals surface area contributed by atoms with Crippen molar-refractivity contribution < 1.29 is 14.3 Å². The monoisotopic (exact) mass is 379 g/mol. The summed E-state index contributed by atoms with van der Waals surface area (Å²) in [4.78, 5) is 12.5. The van der Waals surface area contributed by atoms with E-state index in [9.17, 15) is 4.79 Å². The molecule has 1 aromatic carbocycles. The smallest absolute Gasteiger partial charge is 0.274 e. The van der Waals surface area contributed by atoms with Crippen LogP contribution in [-0.4, -0.2) is 53.2 Å². The number of rotatable bonds is 3. The summed E-state index contributed by atoms with van der Waals surface area (Å²) in [5.41, 5.74) is 1.83. The van der Waals surface area contributed by atoms with E-state index in [1.807, 2.05) is 25.1 Å². The first-order chi connectivity index (χ1) is 12.2. The molecule has 3 heterocycles. The molecule has 1 amide bonds. The van der Waals surface area contributed by atoms with Crippen LogP contribution in [0.5, 0.6) is 11.5 Å². The molecule has 1 fully saturated rings. The number of nitrogens with one attached hydrogen (secondary N) is 2. The van der Waals surface area contributed by atoms with Crippen LogP contribution in [0.4, 0.5) is 0 Å². The lowest BCUT2D eigenvalue weighted by Gasteiger charge is -2.23. The number of hydrogen-bond acceptors (Lipinski definition) is 6. The lowest BCUT2D eigenvalue weighted by Crippen LogP contribution is -2.45. The number of nitrogens with zero attached hydrogens (tertiary/aromatic N) is 3. The zero-order chi connectivity index (χ0) is 17.2. The van der Waals surface area contributed by atoms with Crippen molar-refractivity contribution in [2.24, 2.45) is 0 Å². The van der Waals surface area contributed by atoms with Gasteiger partial charge in [0.2, 0.25) is 0 Å². The summed E-state index contributed by atoms with van der Waals surface area (Å²) in [6.07, 6.45) is 2.04. The molecule has 9 heteroatoms. The zero-order valence-corrected chi connectivity index (χ0v) is 15.3. The maximum absolute atomic E-state index is 12.5. The Hall–Kier alpha value is -2.32. The maximum Gasteiger partial charge on any atom is 0.274 e. The summed E-state index contributed by atoms with van der Waals surface area (Å²) in [6.45, 7) is 4.71. The highest BCUT2D eigenvalue weighted by Crippen LogP contribution is 2.32. The normalized spacial score (nSPS) is 18.7. The van der Waals surface area contributed by atoms with Crippen molar-refractivity contribution in [2.45, 2.75) is 25.8 Å². The number of carbonyl (C=O) groups excluding carboxylic acids is 1. The van der Waals surface area contributed by atoms with Crippen LogP contribution in [0.3, 0.4) is 0 Å². The van der Waals surface area contributed by atoms with Gasteiger partial charge >= 0.3 is 0 Å². The summed E-state index contributed by atoms with van der Waals surface area (Å²) >= 11 is 0. The first-order valence-corrected chi connectivity index (χ1v) is 8.56. The van der Waals surface area contributed by atoms with E-state index in [0.29, 0.717) is 30.4 Å². The van der Waals surface area contributed by atoms with E-state index in [2.05, 4.69) is 20.9 Å². The van der Waals surface area contributed by atoms with E-state index >= 15 is 0 Å². The van der Waals surface area contributed by atoms with Gasteiger partial charge in [-0.05, 0) is 38.4 Å². The van der Waals surface area contributed by atoms with Crippen LogP contribution in [0.1, 0.15) is 29.0 Å². The van der Waals surface area contributed by atoms with Crippen molar-refractivity contribution in [2.75, 3.05) is 26.3 Å². The van der Waals surface area contributed by atoms with Crippen LogP contribution in [-0.2, 0) is 0 Å². The van der Waals surface area contributed by atoms with Crippen molar-refractivity contribution in [3.8, 4) is 17.2 Å². The third-order valence-electron chi connectivity index (χ3n) is 4.51. The van der Waals surface area contributed by atoms with Gasteiger partial charge in [0, 0.05) is 18.7 Å². The fraction of sp³-hybridized carbons (Fsp3) is 0.471. The van der Waals surface area contributed by atoms with Crippen molar-refractivity contribution in [3.63, 3.8) is 0 Å². The molecule has 0 spiro atoms. The Kier molecular flexibility index (Phi) is 5.63. The average Bonchev–Trinajstić information content (AvgIpc) is 3.04. The van der Waals surface area contributed by atoms with Crippen molar-refractivity contribution >= 4 is 18.3 Å². The molecule has 140 valence electrons. The Bertz CT molecular complexity index is 789. The number of amides is 1. The molecule has 0 bridgehead atoms. The van der Waals surface area contributed by atoms with Crippen LogP contribution in [0.25, 0.3) is 5.69 Å². The Labute approximate surface area is 157 Å². The first-order valence-electron chi connectivity index (χ1n) is 8.56. The van der Waals surface area contributed by atoms with E-state index in [1.54, 1.807) is 4.68 Å². The van der Waals surface area contributed by atoms with Crippen LogP contribution in [0, 0.1) is 6.92 Å². The van der Waals surface area contributed by atoms with Crippen molar-refractivity contribution in [3.05, 3.63) is 29.6 Å². The fourth-order valence-electron chi connectivity index (χ4n) is 3.18. The Morgan fingerprint density at radius 1 is 1.31 bits per heavy atom. The molecule has 1 unspecified atom stereocenters. The van der Waals surface area contributed by atoms with Gasteiger partial charge in [-0.3, -0.25) is 4.79 Å². The van der Waals surface area contributed by atoms with Gasteiger partial charge in [-0.15, -0.1) is 17.5 Å². The number of carbonyl (C=O) groups is 1. The van der Waals surface area contributed by atoms with Gasteiger partial charge in [-0.25, -0.2) is 4.68 Å². The van der Waals surface area contributed by atoms with Gasteiger partial charge in [0.1, 0.15) is 13.2 Å². The van der Waals surface area contributed by atoms with Crippen LogP contribution >= 0.6 is 12.4 Å². The number of hydrogen-bond donors (Lipinski definition) is 2. The van der Waals surface area contributed by atoms with E-state index in [1.165, 1.54) is 0 Å². The molecule has 2 aromatic rings. The molecule has 0 aliphatic carbocycles. The van der Waals surface area contributed by atoms with E-state index < -0.39 is 0 Å². The minimum absolute atomic E-state index is 0. The molecule has 26 heavy (non-hydrogen) atoms. The number of ether oxygens (including phenoxy) is 2. The lowest BCUT2D eigenvalue weighted by atomic mass is 10.1. The molecule has 1 atom stereocenters. The Morgan fingerprint density at radius 3 is 2.88 bits per heavy atom. The largest absolute Gasteiger partial charge is 0.486 e. The second kappa shape index (κ2) is 7.92. The lowest BCUT2D eigenvalue weighted by molar-refractivity contribution is 0.0925. The third kappa shape index (κ3) is 3.61. The minimum atomic E-state index is -0.185. The van der Waals surface area contributed by atoms with Crippen molar-refractivity contribution in [1.29, 1.82) is 0 Å². The topological polar surface area (TPSA) is 90.3 Å². The molecule has 2 N–H and O–H groups in total. The first kappa shape index (κ1) is 18.5. The number of fused-ring (bicyclic) bond motifs is 1. The second-order valence-corrected chi connectivity index (χ2v) is 6.28. The Morgan fingerprint density at radius 2 is 2.12 bits per heavy atom. The SMILES string of the molecule is Cc1c(C(=O)NC2CCCNC2)nnn1-c1ccc2c(c1)OCCO2.Cl. The van der Waals surface area contributed by atoms with E-state index in [4.69, 9.17) is 9.47 Å². The van der Waals surface area contributed by atoms with E-state index in [-0.39, 0.29) is 24.4 Å². The molecule has 1 saturated heterocycles. The molecule has 0 radical (unpaired) electrons. The predicted octanol–water partition coefficient (Wildman–Crippen LogP) is 1.25. The van der Waals surface area contributed by atoms with Gasteiger partial charge in [-0.1, -0.05) is 5.21 Å². The summed E-state index contributed by atoms with van der Waals surface area (Å²) in [5, 5.41) is 14.5. The zero-order valence-electron chi connectivity index (χ0n) is 14.5. The number of halogens is 1. The summed E-state index contributed by atoms with van der Waals surface area (Å²) in [5.74, 6) is 1.21. The maximum atomic E-state index is 12.5. The molecule has 2 aliphatic heterocycles. The minimum Gasteiger partial charge on any atom is -0.486 e. The molecular weight excluding hydrogens is 358 g/mol. The molecule has 8 nitrogen and oxygen atoms in total. The second-order valence-electron chi connectivity index (χ2n) is 6.28. The molecule has 4 rings (SSSR count). The highest BCUT2D eigenvalue weighted by atomic mass is 35.5. The van der Waals surface area contributed by atoms with Gasteiger partial charge in [0.05, 0.1) is 11.4 Å². The molecule has 2 aliphatic rings. The average molecular weight is 380 g/mol. The highest BCUT2D eigenvalue weighted by molar-refractivity contribution is 5.93. The van der Waals surface area contributed by atoms with Crippen LogP contribution in [0.15, 0.2) is 18.2 Å². The fourth-order valence-corrected chi connectivity index (χ4v) is 3.18. The summed E-state index contributed by atoms with van der Waals surface area (Å²) in [6, 6.07) is 5.71. The van der Waals surface area contributed by atoms with Gasteiger partial charge < -0.3 is 20.1 Å². The molecular formula is C17H22ClN5O3.